The molecule has 1 aromatic heterocycles. The van der Waals surface area contributed by atoms with Gasteiger partial charge in [-0.15, -0.1) is 11.3 Å². The van der Waals surface area contributed by atoms with Gasteiger partial charge in [0.25, 0.3) is 0 Å². The molecule has 4 atom stereocenters. The summed E-state index contributed by atoms with van der Waals surface area (Å²) in [5, 5.41) is 7.91. The van der Waals surface area contributed by atoms with Crippen LogP contribution >= 0.6 is 11.3 Å². The molecule has 0 saturated heterocycles. The minimum absolute atomic E-state index is 0.120. The fourth-order valence-corrected chi connectivity index (χ4v) is 4.61. The predicted octanol–water partition coefficient (Wildman–Crippen LogP) is 4.61. The van der Waals surface area contributed by atoms with Crippen molar-refractivity contribution in [2.75, 3.05) is 13.2 Å². The zero-order valence-corrected chi connectivity index (χ0v) is 22.7. The number of benzene rings is 2. The van der Waals surface area contributed by atoms with Crippen LogP contribution in [0, 0.1) is 5.92 Å². The standard InChI is InChI=1S/C29H38N4O3S/c1-4-8-20(2)17-36-25-13-11-23(12-14-25)27(33-28(34)21(3)22-9-6-5-7-10-22)16-31-29(35)26(30)15-24-18-37-19-32-24/h5-7,9-14,18-21,26-27H,4,8,15-17,30H2,1-3H3,(H,31,35)(H,33,34). The summed E-state index contributed by atoms with van der Waals surface area (Å²) in [6.07, 6.45) is 2.61. The monoisotopic (exact) mass is 522 g/mol. The van der Waals surface area contributed by atoms with Gasteiger partial charge in [0.1, 0.15) is 5.75 Å². The van der Waals surface area contributed by atoms with Crippen molar-refractivity contribution in [2.45, 2.75) is 58.0 Å². The van der Waals surface area contributed by atoms with Crippen molar-refractivity contribution in [3.05, 3.63) is 82.3 Å². The van der Waals surface area contributed by atoms with E-state index >= 15 is 0 Å². The summed E-state index contributed by atoms with van der Waals surface area (Å²) in [6.45, 7) is 7.10. The maximum Gasteiger partial charge on any atom is 0.237 e. The molecule has 3 rings (SSSR count). The molecule has 4 N–H and O–H groups in total. The van der Waals surface area contributed by atoms with Gasteiger partial charge in [0.2, 0.25) is 11.8 Å². The summed E-state index contributed by atoms with van der Waals surface area (Å²) < 4.78 is 5.93. The van der Waals surface area contributed by atoms with Gasteiger partial charge in [-0.3, -0.25) is 9.59 Å². The van der Waals surface area contributed by atoms with Crippen molar-refractivity contribution in [3.63, 3.8) is 0 Å². The Morgan fingerprint density at radius 3 is 2.41 bits per heavy atom. The largest absolute Gasteiger partial charge is 0.493 e. The number of carbonyl (C=O) groups excluding carboxylic acids is 2. The highest BCUT2D eigenvalue weighted by atomic mass is 32.1. The van der Waals surface area contributed by atoms with Gasteiger partial charge in [-0.2, -0.15) is 0 Å². The van der Waals surface area contributed by atoms with Crippen LogP contribution in [0.5, 0.6) is 5.75 Å². The molecule has 0 saturated carbocycles. The number of nitrogens with one attached hydrogen (secondary N) is 2. The molecule has 0 spiro atoms. The molecule has 3 aromatic rings. The van der Waals surface area contributed by atoms with E-state index in [2.05, 4.69) is 29.5 Å². The highest BCUT2D eigenvalue weighted by molar-refractivity contribution is 7.07. The van der Waals surface area contributed by atoms with Crippen molar-refractivity contribution in [2.24, 2.45) is 11.7 Å². The van der Waals surface area contributed by atoms with Crippen molar-refractivity contribution in [1.82, 2.24) is 15.6 Å². The van der Waals surface area contributed by atoms with E-state index in [1.54, 1.807) is 5.51 Å². The number of rotatable bonds is 14. The Morgan fingerprint density at radius 2 is 1.76 bits per heavy atom. The van der Waals surface area contributed by atoms with Gasteiger partial charge in [0.05, 0.1) is 35.8 Å². The summed E-state index contributed by atoms with van der Waals surface area (Å²) in [7, 11) is 0. The zero-order chi connectivity index (χ0) is 26.6. The summed E-state index contributed by atoms with van der Waals surface area (Å²) in [6, 6.07) is 16.2. The number of thiazole rings is 1. The molecule has 4 unspecified atom stereocenters. The highest BCUT2D eigenvalue weighted by Crippen LogP contribution is 2.21. The van der Waals surface area contributed by atoms with Crippen molar-refractivity contribution < 1.29 is 14.3 Å². The second kappa shape index (κ2) is 14.5. The molecule has 0 aliphatic carbocycles. The number of hydrogen-bond donors (Lipinski definition) is 3. The Balaban J connectivity index is 1.68. The normalized spacial score (nSPS) is 14.3. The maximum atomic E-state index is 13.1. The molecule has 1 heterocycles. The van der Waals surface area contributed by atoms with Crippen LogP contribution in [0.3, 0.4) is 0 Å². The predicted molar refractivity (Wildman–Crippen MR) is 149 cm³/mol. The first-order valence-corrected chi connectivity index (χ1v) is 13.8. The van der Waals surface area contributed by atoms with Crippen LogP contribution in [0.1, 0.15) is 62.4 Å². The fourth-order valence-electron chi connectivity index (χ4n) is 4.04. The van der Waals surface area contributed by atoms with Crippen LogP contribution < -0.4 is 21.1 Å². The lowest BCUT2D eigenvalue weighted by molar-refractivity contribution is -0.124. The number of nitrogens with two attached hydrogens (primary N) is 1. The summed E-state index contributed by atoms with van der Waals surface area (Å²) in [5.41, 5.74) is 10.4. The van der Waals surface area contributed by atoms with E-state index in [1.807, 2.05) is 66.9 Å². The van der Waals surface area contributed by atoms with Crippen LogP contribution in [0.4, 0.5) is 0 Å². The van der Waals surface area contributed by atoms with Gasteiger partial charge in [0.15, 0.2) is 0 Å². The van der Waals surface area contributed by atoms with Crippen LogP contribution in [-0.4, -0.2) is 36.0 Å². The second-order valence-electron chi connectivity index (χ2n) is 9.50. The van der Waals surface area contributed by atoms with E-state index in [9.17, 15) is 9.59 Å². The maximum absolute atomic E-state index is 13.1. The summed E-state index contributed by atoms with van der Waals surface area (Å²) in [4.78, 5) is 30.1. The zero-order valence-electron chi connectivity index (χ0n) is 21.9. The molecule has 0 radical (unpaired) electrons. The average Bonchev–Trinajstić information content (AvgIpc) is 3.43. The Kier molecular flexibility index (Phi) is 11.1. The third kappa shape index (κ3) is 8.98. The SMILES string of the molecule is CCCC(C)COc1ccc(C(CNC(=O)C(N)Cc2cscn2)NC(=O)C(C)c2ccccc2)cc1. The van der Waals surface area contributed by atoms with Gasteiger partial charge < -0.3 is 21.1 Å². The quantitative estimate of drug-likeness (QED) is 0.287. The van der Waals surface area contributed by atoms with E-state index in [-0.39, 0.29) is 24.3 Å². The molecule has 198 valence electrons. The topological polar surface area (TPSA) is 106 Å². The third-order valence-electron chi connectivity index (χ3n) is 6.34. The van der Waals surface area contributed by atoms with E-state index in [0.717, 1.165) is 35.4 Å². The number of hydrogen-bond acceptors (Lipinski definition) is 6. The Morgan fingerprint density at radius 1 is 1.03 bits per heavy atom. The molecular weight excluding hydrogens is 484 g/mol. The highest BCUT2D eigenvalue weighted by Gasteiger charge is 2.22. The molecule has 0 aliphatic heterocycles. The van der Waals surface area contributed by atoms with E-state index in [1.165, 1.54) is 11.3 Å². The van der Waals surface area contributed by atoms with Crippen molar-refractivity contribution >= 4 is 23.2 Å². The Bertz CT molecular complexity index is 1090. The van der Waals surface area contributed by atoms with Gasteiger partial charge in [-0.05, 0) is 42.5 Å². The Labute approximate surface area is 223 Å². The molecule has 7 nitrogen and oxygen atoms in total. The first-order valence-electron chi connectivity index (χ1n) is 12.9. The molecule has 0 bridgehead atoms. The first-order chi connectivity index (χ1) is 17.9. The molecule has 0 fully saturated rings. The Hall–Kier alpha value is -3.23. The van der Waals surface area contributed by atoms with Gasteiger partial charge in [-0.25, -0.2) is 4.98 Å². The molecular formula is C29H38N4O3S. The van der Waals surface area contributed by atoms with Crippen molar-refractivity contribution in [3.8, 4) is 5.75 Å². The fraction of sp³-hybridized carbons (Fsp3) is 0.414. The molecule has 8 heteroatoms. The molecule has 2 aromatic carbocycles. The minimum Gasteiger partial charge on any atom is -0.493 e. The number of nitrogens with zero attached hydrogens (tertiary/aromatic N) is 1. The van der Waals surface area contributed by atoms with Crippen LogP contribution in [0.15, 0.2) is 65.5 Å². The molecule has 2 amide bonds. The smallest absolute Gasteiger partial charge is 0.237 e. The number of carbonyl (C=O) groups is 2. The lowest BCUT2D eigenvalue weighted by Crippen LogP contribution is -2.46. The third-order valence-corrected chi connectivity index (χ3v) is 6.97. The average molecular weight is 523 g/mol. The lowest BCUT2D eigenvalue weighted by atomic mass is 9.99. The number of amides is 2. The summed E-state index contributed by atoms with van der Waals surface area (Å²) >= 11 is 1.47. The first kappa shape index (κ1) is 28.3. The van der Waals surface area contributed by atoms with Gasteiger partial charge >= 0.3 is 0 Å². The summed E-state index contributed by atoms with van der Waals surface area (Å²) in [5.74, 6) is 0.525. The van der Waals surface area contributed by atoms with Gasteiger partial charge in [0, 0.05) is 18.3 Å². The lowest BCUT2D eigenvalue weighted by Gasteiger charge is -2.23. The molecule has 0 aliphatic rings. The van der Waals surface area contributed by atoms with E-state index < -0.39 is 12.1 Å². The molecule has 37 heavy (non-hydrogen) atoms. The van der Waals surface area contributed by atoms with Gasteiger partial charge in [-0.1, -0.05) is 62.7 Å². The number of ether oxygens (including phenoxy) is 1. The minimum atomic E-state index is -0.720. The van der Waals surface area contributed by atoms with Crippen LogP contribution in [0.25, 0.3) is 0 Å². The second-order valence-corrected chi connectivity index (χ2v) is 10.2. The van der Waals surface area contributed by atoms with Crippen molar-refractivity contribution in [1.29, 1.82) is 0 Å². The van der Waals surface area contributed by atoms with Crippen LogP contribution in [0.2, 0.25) is 0 Å². The van der Waals surface area contributed by atoms with E-state index in [0.29, 0.717) is 18.9 Å². The van der Waals surface area contributed by atoms with E-state index in [4.69, 9.17) is 10.5 Å². The number of aromatic nitrogens is 1. The van der Waals surface area contributed by atoms with Crippen LogP contribution in [-0.2, 0) is 16.0 Å².